The number of ether oxygens (including phenoxy) is 2. The summed E-state index contributed by atoms with van der Waals surface area (Å²) >= 11 is 1.70. The fraction of sp³-hybridized carbons (Fsp3) is 0.435. The normalized spacial score (nSPS) is 18.6. The number of esters is 2. The van der Waals surface area contributed by atoms with Gasteiger partial charge in [-0.25, -0.2) is 9.59 Å². The molecular weight excluding hydrogens is 402 g/mol. The van der Waals surface area contributed by atoms with Crippen LogP contribution in [0.2, 0.25) is 0 Å². The quantitative estimate of drug-likeness (QED) is 0.522. The summed E-state index contributed by atoms with van der Waals surface area (Å²) in [4.78, 5) is 37.7. The van der Waals surface area contributed by atoms with Gasteiger partial charge in [0, 0.05) is 35.1 Å². The third kappa shape index (κ3) is 4.61. The second kappa shape index (κ2) is 9.98. The highest BCUT2D eigenvalue weighted by atomic mass is 32.2. The summed E-state index contributed by atoms with van der Waals surface area (Å²) in [7, 11) is 1.33. The van der Waals surface area contributed by atoms with Crippen molar-refractivity contribution in [1.82, 2.24) is 5.32 Å². The number of hydrogen-bond acceptors (Lipinski definition) is 7. The van der Waals surface area contributed by atoms with Crippen molar-refractivity contribution >= 4 is 29.5 Å². The van der Waals surface area contributed by atoms with E-state index in [1.54, 1.807) is 36.0 Å². The first kappa shape index (κ1) is 22.2. The van der Waals surface area contributed by atoms with E-state index in [-0.39, 0.29) is 5.78 Å². The molecule has 0 saturated carbocycles. The minimum absolute atomic E-state index is 0.0464. The molecule has 1 atom stereocenters. The molecule has 30 heavy (non-hydrogen) atoms. The number of ketones is 1. The lowest BCUT2D eigenvalue weighted by Gasteiger charge is -2.34. The number of allylic oxidation sites excluding steroid dienone is 3. The van der Waals surface area contributed by atoms with Crippen molar-refractivity contribution in [3.05, 3.63) is 57.9 Å². The zero-order chi connectivity index (χ0) is 21.7. The number of thioether (sulfide) groups is 1. The number of benzene rings is 1. The number of carbonyl (C=O) groups excluding carboxylic acids is 3. The number of Topliss-reactive ketones (excluding diaryl/α,β-unsaturated/α-hetero) is 1. The van der Waals surface area contributed by atoms with Crippen molar-refractivity contribution < 1.29 is 23.9 Å². The third-order valence-electron chi connectivity index (χ3n) is 5.33. The number of dihydropyridines is 1. The predicted octanol–water partition coefficient (Wildman–Crippen LogP) is 3.74. The highest BCUT2D eigenvalue weighted by Crippen LogP contribution is 2.42. The van der Waals surface area contributed by atoms with E-state index >= 15 is 0 Å². The molecule has 0 aromatic heterocycles. The molecule has 0 spiro atoms. The van der Waals surface area contributed by atoms with E-state index in [1.165, 1.54) is 7.11 Å². The maximum absolute atomic E-state index is 13.0. The van der Waals surface area contributed by atoms with Crippen LogP contribution in [0.4, 0.5) is 0 Å². The van der Waals surface area contributed by atoms with Crippen LogP contribution in [0.3, 0.4) is 0 Å². The molecule has 0 fully saturated rings. The number of rotatable bonds is 7. The smallest absolute Gasteiger partial charge is 0.337 e. The van der Waals surface area contributed by atoms with Gasteiger partial charge in [-0.3, -0.25) is 4.79 Å². The highest BCUT2D eigenvalue weighted by molar-refractivity contribution is 7.99. The summed E-state index contributed by atoms with van der Waals surface area (Å²) in [5, 5.41) is 3.28. The van der Waals surface area contributed by atoms with Gasteiger partial charge >= 0.3 is 11.9 Å². The van der Waals surface area contributed by atoms with Crippen molar-refractivity contribution in [2.45, 2.75) is 39.0 Å². The molecular formula is C23H27NO5S. The largest absolute Gasteiger partial charge is 0.465 e. The zero-order valence-electron chi connectivity index (χ0n) is 17.6. The Kier molecular flexibility index (Phi) is 7.37. The fourth-order valence-electron chi connectivity index (χ4n) is 3.93. The van der Waals surface area contributed by atoms with Crippen LogP contribution in [-0.4, -0.2) is 42.9 Å². The average Bonchev–Trinajstić information content (AvgIpc) is 2.75. The maximum atomic E-state index is 13.0. The van der Waals surface area contributed by atoms with Crippen LogP contribution in [0.15, 0.2) is 46.8 Å². The summed E-state index contributed by atoms with van der Waals surface area (Å²) in [5.41, 5.74) is 3.87. The number of carbonyl (C=O) groups is 3. The summed E-state index contributed by atoms with van der Waals surface area (Å²) in [6.07, 6.45) is 2.02. The van der Waals surface area contributed by atoms with Gasteiger partial charge in [0.2, 0.25) is 0 Å². The van der Waals surface area contributed by atoms with Crippen LogP contribution < -0.4 is 5.32 Å². The Morgan fingerprint density at radius 2 is 1.90 bits per heavy atom. The summed E-state index contributed by atoms with van der Waals surface area (Å²) in [6, 6.07) is 6.88. The van der Waals surface area contributed by atoms with Gasteiger partial charge in [0.15, 0.2) is 5.78 Å². The van der Waals surface area contributed by atoms with Gasteiger partial charge in [-0.1, -0.05) is 19.1 Å². The van der Waals surface area contributed by atoms with Crippen molar-refractivity contribution in [3.8, 4) is 0 Å². The van der Waals surface area contributed by atoms with Gasteiger partial charge in [-0.15, -0.1) is 0 Å². The molecule has 1 aromatic rings. The monoisotopic (exact) mass is 429 g/mol. The Balaban J connectivity index is 1.98. The molecule has 160 valence electrons. The number of nitrogens with one attached hydrogen (secondary N) is 1. The molecule has 0 amide bonds. The summed E-state index contributed by atoms with van der Waals surface area (Å²) in [5.74, 6) is 0.384. The Morgan fingerprint density at radius 3 is 2.57 bits per heavy atom. The highest BCUT2D eigenvalue weighted by Gasteiger charge is 2.39. The minimum atomic E-state index is -0.507. The van der Waals surface area contributed by atoms with E-state index in [2.05, 4.69) is 12.2 Å². The molecule has 1 heterocycles. The lowest BCUT2D eigenvalue weighted by molar-refractivity contribution is -0.138. The molecule has 7 heteroatoms. The van der Waals surface area contributed by atoms with E-state index in [0.717, 1.165) is 35.6 Å². The first-order chi connectivity index (χ1) is 14.5. The molecule has 3 rings (SSSR count). The minimum Gasteiger partial charge on any atom is -0.465 e. The maximum Gasteiger partial charge on any atom is 0.337 e. The van der Waals surface area contributed by atoms with E-state index < -0.39 is 17.9 Å². The molecule has 0 saturated heterocycles. The van der Waals surface area contributed by atoms with Gasteiger partial charge in [-0.2, -0.15) is 11.8 Å². The lowest BCUT2D eigenvalue weighted by atomic mass is 9.75. The molecule has 1 aromatic carbocycles. The van der Waals surface area contributed by atoms with E-state index in [1.807, 2.05) is 6.92 Å². The van der Waals surface area contributed by atoms with Crippen LogP contribution in [0.25, 0.3) is 0 Å². The zero-order valence-corrected chi connectivity index (χ0v) is 18.4. The molecule has 0 bridgehead atoms. The Hall–Kier alpha value is -2.54. The summed E-state index contributed by atoms with van der Waals surface area (Å²) < 4.78 is 10.3. The third-order valence-corrected chi connectivity index (χ3v) is 6.19. The molecule has 1 N–H and O–H groups in total. The Bertz CT molecular complexity index is 901. The van der Waals surface area contributed by atoms with Crippen molar-refractivity contribution in [3.63, 3.8) is 0 Å². The Morgan fingerprint density at radius 1 is 1.17 bits per heavy atom. The standard InChI is InChI=1S/C23H27NO5S/c1-4-30-13-12-29-23(27)19-14(2)24-17-6-5-7-18(25)21(17)20(19)15-8-10-16(11-9-15)22(26)28-3/h8-11,20,24H,4-7,12-13H2,1-3H3. The van der Waals surface area contributed by atoms with Crippen molar-refractivity contribution in [2.24, 2.45) is 0 Å². The molecule has 1 aliphatic carbocycles. The number of methoxy groups -OCH3 is 1. The topological polar surface area (TPSA) is 81.7 Å². The average molecular weight is 430 g/mol. The first-order valence-electron chi connectivity index (χ1n) is 10.1. The van der Waals surface area contributed by atoms with Gasteiger partial charge < -0.3 is 14.8 Å². The van der Waals surface area contributed by atoms with Crippen LogP contribution in [0.1, 0.15) is 54.9 Å². The van der Waals surface area contributed by atoms with Gasteiger partial charge in [0.1, 0.15) is 6.61 Å². The molecule has 6 nitrogen and oxygen atoms in total. The van der Waals surface area contributed by atoms with E-state index in [9.17, 15) is 14.4 Å². The second-order valence-corrected chi connectivity index (χ2v) is 8.61. The fourth-order valence-corrected chi connectivity index (χ4v) is 4.42. The Labute approximate surface area is 181 Å². The molecule has 0 radical (unpaired) electrons. The number of hydrogen-bond donors (Lipinski definition) is 1. The van der Waals surface area contributed by atoms with E-state index in [0.29, 0.717) is 35.4 Å². The van der Waals surface area contributed by atoms with Gasteiger partial charge in [0.05, 0.1) is 18.2 Å². The first-order valence-corrected chi connectivity index (χ1v) is 11.3. The molecule has 1 aliphatic heterocycles. The van der Waals surface area contributed by atoms with Crippen LogP contribution in [0.5, 0.6) is 0 Å². The SMILES string of the molecule is CCSCCOC(=O)C1=C(C)NC2=C(C(=O)CCC2)C1c1ccc(C(=O)OC)cc1. The lowest BCUT2D eigenvalue weighted by Crippen LogP contribution is -2.34. The van der Waals surface area contributed by atoms with Crippen molar-refractivity contribution in [1.29, 1.82) is 0 Å². The van der Waals surface area contributed by atoms with Crippen molar-refractivity contribution in [2.75, 3.05) is 25.2 Å². The molecule has 2 aliphatic rings. The second-order valence-electron chi connectivity index (χ2n) is 7.21. The molecule has 1 unspecified atom stereocenters. The van der Waals surface area contributed by atoms with Gasteiger partial charge in [0.25, 0.3) is 0 Å². The van der Waals surface area contributed by atoms with Crippen LogP contribution in [0, 0.1) is 0 Å². The van der Waals surface area contributed by atoms with Crippen LogP contribution >= 0.6 is 11.8 Å². The van der Waals surface area contributed by atoms with E-state index in [4.69, 9.17) is 9.47 Å². The predicted molar refractivity (Wildman–Crippen MR) is 116 cm³/mol. The van der Waals surface area contributed by atoms with Crippen LogP contribution in [-0.2, 0) is 19.1 Å². The summed E-state index contributed by atoms with van der Waals surface area (Å²) in [6.45, 7) is 4.22. The van der Waals surface area contributed by atoms with Gasteiger partial charge in [-0.05, 0) is 43.2 Å².